The Morgan fingerprint density at radius 2 is 1.17 bits per heavy atom. The zero-order valence-corrected chi connectivity index (χ0v) is 14.0. The Morgan fingerprint density at radius 1 is 0.792 bits per heavy atom. The van der Waals surface area contributed by atoms with Crippen molar-refractivity contribution in [3.8, 4) is 0 Å². The fourth-order valence-corrected chi connectivity index (χ4v) is 1.94. The van der Waals surface area contributed by atoms with Crippen LogP contribution in [-0.2, 0) is 6.54 Å². The second kappa shape index (κ2) is 12.7. The highest BCUT2D eigenvalue weighted by atomic mass is 35.7. The maximum atomic E-state index is 8.49. The van der Waals surface area contributed by atoms with Gasteiger partial charge in [0.15, 0.2) is 0 Å². The molecule has 5 N–H and O–H groups in total. The summed E-state index contributed by atoms with van der Waals surface area (Å²) in [5.74, 6) is 0. The van der Waals surface area contributed by atoms with Crippen LogP contribution < -0.4 is 47.5 Å². The Balaban J connectivity index is 0. The first-order chi connectivity index (χ1) is 10.4. The van der Waals surface area contributed by atoms with Gasteiger partial charge in [-0.3, -0.25) is 0 Å². The lowest BCUT2D eigenvalue weighted by Gasteiger charge is -2.22. The third-order valence-corrected chi connectivity index (χ3v) is 2.70. The summed E-state index contributed by atoms with van der Waals surface area (Å²) in [4.78, 5) is 1.73. The minimum atomic E-state index is -4.94. The van der Waals surface area contributed by atoms with E-state index in [1.165, 1.54) is 38.3 Å². The highest BCUT2D eigenvalue weighted by Crippen LogP contribution is 1.94. The van der Waals surface area contributed by atoms with Crippen molar-refractivity contribution in [2.75, 3.05) is 26.2 Å². The van der Waals surface area contributed by atoms with Crippen molar-refractivity contribution in [2.24, 2.45) is 0 Å². The van der Waals surface area contributed by atoms with Gasteiger partial charge in [-0.2, -0.15) is 0 Å². The van der Waals surface area contributed by atoms with Crippen LogP contribution in [0.2, 0.25) is 0 Å². The number of quaternary nitrogens is 2. The van der Waals surface area contributed by atoms with Gasteiger partial charge in [-0.25, -0.2) is 37.3 Å². The molecule has 0 aliphatic carbocycles. The van der Waals surface area contributed by atoms with Crippen molar-refractivity contribution < 1.29 is 73.5 Å². The van der Waals surface area contributed by atoms with Gasteiger partial charge in [-0.05, 0) is 0 Å². The Morgan fingerprint density at radius 3 is 1.54 bits per heavy atom. The third kappa shape index (κ3) is 23.6. The molecule has 0 spiro atoms. The standard InChI is InChI=1S/C11H16N2.2ClHO4.H2O/c1-2-4-11(5-3-1)10-13-8-6-12-7-9-13;2*2-1(3,4)5;/h1-5,12H,6-10H2;2*(H,2,3,4,5);1H2. The number of hydrogen-bond acceptors (Lipinski definition) is 8. The molecule has 1 aromatic rings. The van der Waals surface area contributed by atoms with Crippen molar-refractivity contribution in [1.82, 2.24) is 0 Å². The van der Waals surface area contributed by atoms with Crippen LogP contribution in [0.4, 0.5) is 0 Å². The van der Waals surface area contributed by atoms with Gasteiger partial charge in [0.1, 0.15) is 32.7 Å². The zero-order chi connectivity index (χ0) is 17.9. The molecule has 1 aromatic carbocycles. The molecule has 13 heteroatoms. The van der Waals surface area contributed by atoms with Crippen LogP contribution in [0, 0.1) is 20.5 Å². The molecule has 1 fully saturated rings. The first kappa shape index (κ1) is 25.6. The normalized spacial score (nSPS) is 15.2. The largest absolute Gasteiger partial charge is 0.412 e. The predicted octanol–water partition coefficient (Wildman–Crippen LogP) is -11.7. The van der Waals surface area contributed by atoms with E-state index in [0.717, 1.165) is 0 Å². The topological polar surface area (TPSA) is 237 Å². The summed E-state index contributed by atoms with van der Waals surface area (Å²) < 4.78 is 67.9. The molecule has 0 atom stereocenters. The van der Waals surface area contributed by atoms with Crippen LogP contribution in [0.25, 0.3) is 0 Å². The lowest BCUT2D eigenvalue weighted by atomic mass is 10.2. The van der Waals surface area contributed by atoms with E-state index in [9.17, 15) is 0 Å². The van der Waals surface area contributed by atoms with E-state index >= 15 is 0 Å². The van der Waals surface area contributed by atoms with E-state index in [1.807, 2.05) is 0 Å². The molecule has 11 nitrogen and oxygen atoms in total. The Bertz CT molecular complexity index is 384. The molecular formula is C11H20Cl2N2O9. The van der Waals surface area contributed by atoms with Crippen LogP contribution in [0.1, 0.15) is 5.56 Å². The summed E-state index contributed by atoms with van der Waals surface area (Å²) >= 11 is 0. The van der Waals surface area contributed by atoms with Crippen LogP contribution in [0.5, 0.6) is 0 Å². The molecule has 0 bridgehead atoms. The summed E-state index contributed by atoms with van der Waals surface area (Å²) in [7, 11) is -9.89. The summed E-state index contributed by atoms with van der Waals surface area (Å²) in [5, 5.41) is 2.41. The molecule has 0 unspecified atom stereocenters. The predicted molar refractivity (Wildman–Crippen MR) is 56.1 cm³/mol. The van der Waals surface area contributed by atoms with Crippen molar-refractivity contribution >= 4 is 0 Å². The van der Waals surface area contributed by atoms with E-state index < -0.39 is 20.5 Å². The number of benzene rings is 1. The fraction of sp³-hybridized carbons (Fsp3) is 0.455. The first-order valence-electron chi connectivity index (χ1n) is 6.38. The summed E-state index contributed by atoms with van der Waals surface area (Å²) in [6.07, 6.45) is 0. The van der Waals surface area contributed by atoms with Crippen LogP contribution in [0.15, 0.2) is 30.3 Å². The molecule has 0 amide bonds. The Hall–Kier alpha value is -0.640. The first-order valence-corrected chi connectivity index (χ1v) is 8.84. The molecule has 24 heavy (non-hydrogen) atoms. The number of hydrogen-bond donors (Lipinski definition) is 2. The van der Waals surface area contributed by atoms with Gasteiger partial charge >= 0.3 is 0 Å². The molecule has 0 radical (unpaired) electrons. The molecular weight excluding hydrogens is 375 g/mol. The van der Waals surface area contributed by atoms with E-state index in [1.54, 1.807) is 4.90 Å². The highest BCUT2D eigenvalue weighted by Gasteiger charge is 2.14. The minimum absolute atomic E-state index is 0. The average molecular weight is 395 g/mol. The van der Waals surface area contributed by atoms with Crippen LogP contribution in [-0.4, -0.2) is 31.7 Å². The number of halogens is 2. The smallest absolute Gasteiger partial charge is 0.127 e. The average Bonchev–Trinajstić information content (AvgIpc) is 2.37. The van der Waals surface area contributed by atoms with E-state index in [-0.39, 0.29) is 5.48 Å². The van der Waals surface area contributed by atoms with Gasteiger partial charge < -0.3 is 15.7 Å². The second-order valence-electron chi connectivity index (χ2n) is 4.53. The number of nitrogens with one attached hydrogen (secondary N) is 1. The zero-order valence-electron chi connectivity index (χ0n) is 12.5. The fourth-order valence-electron chi connectivity index (χ4n) is 1.94. The van der Waals surface area contributed by atoms with Gasteiger partial charge in [-0.15, -0.1) is 20.5 Å². The maximum absolute atomic E-state index is 8.49. The molecule has 2 rings (SSSR count). The van der Waals surface area contributed by atoms with Gasteiger partial charge in [0.2, 0.25) is 0 Å². The molecule has 1 aliphatic heterocycles. The minimum Gasteiger partial charge on any atom is -0.412 e. The third-order valence-electron chi connectivity index (χ3n) is 2.70. The van der Waals surface area contributed by atoms with Crippen molar-refractivity contribution in [3.05, 3.63) is 35.9 Å². The summed E-state index contributed by atoms with van der Waals surface area (Å²) in [6.45, 7) is 6.42. The molecule has 1 aliphatic rings. The van der Waals surface area contributed by atoms with E-state index in [4.69, 9.17) is 37.3 Å². The van der Waals surface area contributed by atoms with Crippen molar-refractivity contribution in [3.63, 3.8) is 0 Å². The Kier molecular flexibility index (Phi) is 13.5. The lowest BCUT2D eigenvalue weighted by molar-refractivity contribution is -2.00. The van der Waals surface area contributed by atoms with E-state index in [2.05, 4.69) is 35.6 Å². The van der Waals surface area contributed by atoms with Crippen LogP contribution in [0.3, 0.4) is 0 Å². The lowest BCUT2D eigenvalue weighted by Crippen LogP contribution is -3.19. The van der Waals surface area contributed by atoms with Crippen LogP contribution >= 0.6 is 0 Å². The maximum Gasteiger partial charge on any atom is 0.127 e. The van der Waals surface area contributed by atoms with Crippen molar-refractivity contribution in [1.29, 1.82) is 0 Å². The monoisotopic (exact) mass is 394 g/mol. The number of nitrogens with two attached hydrogens (primary N) is 1. The summed E-state index contributed by atoms with van der Waals surface area (Å²) in [5.41, 5.74) is 1.47. The van der Waals surface area contributed by atoms with Gasteiger partial charge in [0.25, 0.3) is 0 Å². The molecule has 0 aromatic heterocycles. The molecule has 1 heterocycles. The number of rotatable bonds is 2. The van der Waals surface area contributed by atoms with E-state index in [0.29, 0.717) is 0 Å². The Labute approximate surface area is 142 Å². The van der Waals surface area contributed by atoms with Gasteiger partial charge in [-0.1, -0.05) is 30.3 Å². The highest BCUT2D eigenvalue weighted by molar-refractivity contribution is 5.13. The number of piperazine rings is 1. The molecule has 142 valence electrons. The SMILES string of the molecule is O.[O-][Cl+3]([O-])([O-])[O-].[O-][Cl+3]([O-])([O-])[O-].c1ccc(C[NH+]2CC[NH2+]CC2)cc1. The second-order valence-corrected chi connectivity index (χ2v) is 6.05. The molecule has 1 saturated heterocycles. The quantitative estimate of drug-likeness (QED) is 0.486. The van der Waals surface area contributed by atoms with Crippen molar-refractivity contribution in [2.45, 2.75) is 6.54 Å². The van der Waals surface area contributed by atoms with Gasteiger partial charge in [0.05, 0.1) is 0 Å². The summed E-state index contributed by atoms with van der Waals surface area (Å²) in [6, 6.07) is 10.8. The van der Waals surface area contributed by atoms with Gasteiger partial charge in [0, 0.05) is 5.56 Å². The molecule has 0 saturated carbocycles.